The summed E-state index contributed by atoms with van der Waals surface area (Å²) in [6.07, 6.45) is -4.27. The van der Waals surface area contributed by atoms with Gasteiger partial charge in [-0.15, -0.1) is 0 Å². The molecule has 0 aliphatic carbocycles. The third-order valence-corrected chi connectivity index (χ3v) is 3.18. The van der Waals surface area contributed by atoms with E-state index in [2.05, 4.69) is 6.07 Å². The van der Waals surface area contributed by atoms with Crippen LogP contribution >= 0.6 is 0 Å². The lowest BCUT2D eigenvalue weighted by Gasteiger charge is -2.38. The number of rotatable bonds is 2. The molecule has 0 spiro atoms. The van der Waals surface area contributed by atoms with E-state index in [9.17, 15) is 18.0 Å². The maximum atomic E-state index is 12.0. The number of nitriles is 1. The number of piperidine rings is 1. The lowest BCUT2D eigenvalue weighted by atomic mass is 9.78. The molecule has 3 nitrogen and oxygen atoms in total. The molecule has 0 unspecified atom stereocenters. The minimum atomic E-state index is -4.44. The van der Waals surface area contributed by atoms with E-state index in [0.29, 0.717) is 32.4 Å². The number of amides is 1. The van der Waals surface area contributed by atoms with Crippen LogP contribution in [0.2, 0.25) is 0 Å². The summed E-state index contributed by atoms with van der Waals surface area (Å²) in [6, 6.07) is 2.08. The van der Waals surface area contributed by atoms with Crippen molar-refractivity contribution in [1.82, 2.24) is 4.90 Å². The molecule has 1 rings (SSSR count). The Morgan fingerprint density at radius 3 is 2.16 bits per heavy atom. The lowest BCUT2D eigenvalue weighted by Crippen LogP contribution is -2.43. The van der Waals surface area contributed by atoms with Crippen molar-refractivity contribution in [3.63, 3.8) is 0 Å². The molecule has 0 atom stereocenters. The van der Waals surface area contributed by atoms with Crippen LogP contribution in [0.5, 0.6) is 0 Å². The largest absolute Gasteiger partial charge is 0.397 e. The first kappa shape index (κ1) is 17.8. The Bertz CT molecular complexity index is 326. The number of likely N-dealkylation sites (tertiary alicyclic amines) is 1. The van der Waals surface area contributed by atoms with Gasteiger partial charge in [0.25, 0.3) is 0 Å². The van der Waals surface area contributed by atoms with Gasteiger partial charge in [0.1, 0.15) is 6.42 Å². The second-order valence-electron chi connectivity index (χ2n) is 4.82. The molecule has 1 heterocycles. The van der Waals surface area contributed by atoms with Crippen molar-refractivity contribution in [2.45, 2.75) is 52.6 Å². The fourth-order valence-corrected chi connectivity index (χ4v) is 1.95. The van der Waals surface area contributed by atoms with Crippen LogP contribution in [0, 0.1) is 16.7 Å². The Kier molecular flexibility index (Phi) is 6.88. The van der Waals surface area contributed by atoms with Gasteiger partial charge in [-0.05, 0) is 18.3 Å². The van der Waals surface area contributed by atoms with Gasteiger partial charge >= 0.3 is 6.18 Å². The fourth-order valence-electron chi connectivity index (χ4n) is 1.95. The number of nitrogens with zero attached hydrogens (tertiary/aromatic N) is 2. The van der Waals surface area contributed by atoms with Gasteiger partial charge < -0.3 is 4.90 Å². The van der Waals surface area contributed by atoms with E-state index >= 15 is 0 Å². The summed E-state index contributed by atoms with van der Waals surface area (Å²) in [7, 11) is 0. The third-order valence-electron chi connectivity index (χ3n) is 3.18. The molecular weight excluding hydrogens is 257 g/mol. The quantitative estimate of drug-likeness (QED) is 0.776. The number of hydrogen-bond acceptors (Lipinski definition) is 2. The zero-order valence-corrected chi connectivity index (χ0v) is 11.7. The SMILES string of the molecule is CC.CC1(CC#N)CCN(C(=O)CC(F)(F)F)CC1. The van der Waals surface area contributed by atoms with Gasteiger partial charge in [0.2, 0.25) is 5.91 Å². The number of carbonyl (C=O) groups is 1. The van der Waals surface area contributed by atoms with Crippen molar-refractivity contribution in [2.75, 3.05) is 13.1 Å². The van der Waals surface area contributed by atoms with Crippen molar-refractivity contribution in [2.24, 2.45) is 5.41 Å². The maximum absolute atomic E-state index is 12.0. The number of carbonyl (C=O) groups excluding carboxylic acids is 1. The van der Waals surface area contributed by atoms with Crippen molar-refractivity contribution in [3.8, 4) is 6.07 Å². The first-order valence-electron chi connectivity index (χ1n) is 6.47. The van der Waals surface area contributed by atoms with Crippen LogP contribution in [0.4, 0.5) is 13.2 Å². The first-order chi connectivity index (χ1) is 8.76. The highest BCUT2D eigenvalue weighted by atomic mass is 19.4. The maximum Gasteiger partial charge on any atom is 0.397 e. The summed E-state index contributed by atoms with van der Waals surface area (Å²) >= 11 is 0. The molecule has 1 aliphatic heterocycles. The van der Waals surface area contributed by atoms with E-state index in [0.717, 1.165) is 0 Å². The Balaban J connectivity index is 0.00000154. The molecule has 1 saturated heterocycles. The van der Waals surface area contributed by atoms with Gasteiger partial charge in [0.15, 0.2) is 0 Å². The second kappa shape index (κ2) is 7.37. The van der Waals surface area contributed by atoms with Gasteiger partial charge in [-0.3, -0.25) is 4.79 Å². The van der Waals surface area contributed by atoms with Crippen molar-refractivity contribution < 1.29 is 18.0 Å². The average molecular weight is 278 g/mol. The minimum absolute atomic E-state index is 0.163. The Hall–Kier alpha value is -1.25. The molecule has 0 bridgehead atoms. The minimum Gasteiger partial charge on any atom is -0.342 e. The smallest absolute Gasteiger partial charge is 0.342 e. The van der Waals surface area contributed by atoms with Crippen LogP contribution in [0.25, 0.3) is 0 Å². The lowest BCUT2D eigenvalue weighted by molar-refractivity contribution is -0.162. The van der Waals surface area contributed by atoms with Gasteiger partial charge in [-0.2, -0.15) is 18.4 Å². The first-order valence-corrected chi connectivity index (χ1v) is 6.47. The molecule has 0 N–H and O–H groups in total. The zero-order valence-electron chi connectivity index (χ0n) is 11.7. The van der Waals surface area contributed by atoms with E-state index in [4.69, 9.17) is 5.26 Å². The molecular formula is C13H21F3N2O. The monoisotopic (exact) mass is 278 g/mol. The van der Waals surface area contributed by atoms with E-state index in [1.54, 1.807) is 0 Å². The summed E-state index contributed by atoms with van der Waals surface area (Å²) in [5, 5.41) is 8.63. The normalized spacial score (nSPS) is 18.1. The fraction of sp³-hybridized carbons (Fsp3) is 0.846. The highest BCUT2D eigenvalue weighted by Crippen LogP contribution is 2.34. The Morgan fingerprint density at radius 2 is 1.79 bits per heavy atom. The van der Waals surface area contributed by atoms with Gasteiger partial charge in [-0.1, -0.05) is 20.8 Å². The number of halogens is 3. The van der Waals surface area contributed by atoms with Gasteiger partial charge in [0.05, 0.1) is 6.07 Å². The molecule has 1 fully saturated rings. The predicted molar refractivity (Wildman–Crippen MR) is 66.2 cm³/mol. The van der Waals surface area contributed by atoms with Gasteiger partial charge in [-0.25, -0.2) is 0 Å². The van der Waals surface area contributed by atoms with Crippen molar-refractivity contribution in [1.29, 1.82) is 5.26 Å². The predicted octanol–water partition coefficient (Wildman–Crippen LogP) is 3.51. The summed E-state index contributed by atoms with van der Waals surface area (Å²) in [6.45, 7) is 6.56. The number of alkyl halides is 3. The van der Waals surface area contributed by atoms with Crippen molar-refractivity contribution >= 4 is 5.91 Å². The van der Waals surface area contributed by atoms with Crippen LogP contribution in [-0.2, 0) is 4.79 Å². The van der Waals surface area contributed by atoms with Crippen LogP contribution in [0.3, 0.4) is 0 Å². The topological polar surface area (TPSA) is 44.1 Å². The van der Waals surface area contributed by atoms with E-state index in [1.165, 1.54) is 4.90 Å². The number of hydrogen-bond donors (Lipinski definition) is 0. The van der Waals surface area contributed by atoms with E-state index < -0.39 is 18.5 Å². The molecule has 0 radical (unpaired) electrons. The Morgan fingerprint density at radius 1 is 1.32 bits per heavy atom. The summed E-state index contributed by atoms with van der Waals surface area (Å²) in [5.41, 5.74) is -0.163. The summed E-state index contributed by atoms with van der Waals surface area (Å²) < 4.78 is 36.1. The molecule has 0 saturated carbocycles. The Labute approximate surface area is 112 Å². The molecule has 19 heavy (non-hydrogen) atoms. The van der Waals surface area contributed by atoms with Crippen molar-refractivity contribution in [3.05, 3.63) is 0 Å². The molecule has 0 aromatic heterocycles. The standard InChI is InChI=1S/C11H15F3N2O.C2H6/c1-10(2-5-15)3-6-16(7-4-10)9(17)8-11(12,13)14;1-2/h2-4,6-8H2,1H3;1-2H3. The van der Waals surface area contributed by atoms with E-state index in [1.807, 2.05) is 20.8 Å². The molecule has 0 aromatic carbocycles. The molecule has 1 aliphatic rings. The van der Waals surface area contributed by atoms with Crippen LogP contribution in [-0.4, -0.2) is 30.1 Å². The highest BCUT2D eigenvalue weighted by molar-refractivity contribution is 5.76. The molecule has 1 amide bonds. The van der Waals surface area contributed by atoms with Crippen LogP contribution in [0.15, 0.2) is 0 Å². The van der Waals surface area contributed by atoms with Gasteiger partial charge in [0, 0.05) is 19.5 Å². The molecule has 0 aromatic rings. The molecule has 6 heteroatoms. The summed E-state index contributed by atoms with van der Waals surface area (Å²) in [5.74, 6) is -0.864. The second-order valence-corrected chi connectivity index (χ2v) is 4.82. The third kappa shape index (κ3) is 6.46. The highest BCUT2D eigenvalue weighted by Gasteiger charge is 2.36. The summed E-state index contributed by atoms with van der Waals surface area (Å²) in [4.78, 5) is 12.6. The molecule has 110 valence electrons. The van der Waals surface area contributed by atoms with E-state index in [-0.39, 0.29) is 5.41 Å². The van der Waals surface area contributed by atoms with Crippen LogP contribution < -0.4 is 0 Å². The zero-order chi connectivity index (χ0) is 15.1. The average Bonchev–Trinajstić information content (AvgIpc) is 2.30. The van der Waals surface area contributed by atoms with Crippen LogP contribution in [0.1, 0.15) is 46.5 Å².